The highest BCUT2D eigenvalue weighted by molar-refractivity contribution is 7.13. The number of hydrogen-bond donors (Lipinski definition) is 1. The van der Waals surface area contributed by atoms with Crippen LogP contribution in [0.25, 0.3) is 33.5 Å². The molecule has 0 aliphatic carbocycles. The summed E-state index contributed by atoms with van der Waals surface area (Å²) in [7, 11) is 0. The topological polar surface area (TPSA) is 78.4 Å². The summed E-state index contributed by atoms with van der Waals surface area (Å²) in [5.41, 5.74) is 7.30. The number of benzene rings is 2. The minimum atomic E-state index is -0.105. The summed E-state index contributed by atoms with van der Waals surface area (Å²) in [5.74, 6) is -0.105. The lowest BCUT2D eigenvalue weighted by Crippen LogP contribution is -2.45. The average Bonchev–Trinajstić information content (AvgIpc) is 3.54. The second-order valence-corrected chi connectivity index (χ2v) is 9.62. The van der Waals surface area contributed by atoms with E-state index in [1.807, 2.05) is 53.9 Å². The molecule has 6 rings (SSSR count). The zero-order chi connectivity index (χ0) is 24.5. The summed E-state index contributed by atoms with van der Waals surface area (Å²) in [4.78, 5) is 36.7. The molecular formula is C28H23N5O2S. The molecule has 2 aromatic carbocycles. The molecule has 0 unspecified atom stereocenters. The maximum Gasteiger partial charge on any atom is 0.256 e. The summed E-state index contributed by atoms with van der Waals surface area (Å²) >= 11 is 1.59. The smallest absolute Gasteiger partial charge is 0.256 e. The van der Waals surface area contributed by atoms with Gasteiger partial charge >= 0.3 is 0 Å². The largest absolute Gasteiger partial charge is 0.368 e. The minimum Gasteiger partial charge on any atom is -0.368 e. The van der Waals surface area contributed by atoms with Crippen LogP contribution in [0.1, 0.15) is 11.1 Å². The van der Waals surface area contributed by atoms with Crippen molar-refractivity contribution in [2.24, 2.45) is 0 Å². The first-order valence-electron chi connectivity index (χ1n) is 11.8. The van der Waals surface area contributed by atoms with Crippen molar-refractivity contribution in [3.8, 4) is 21.8 Å². The average molecular weight is 494 g/mol. The standard InChI is InChI=1S/C28H23N5O2S/c34-18-32-11-13-33(14-12-32)22-4-1-19(2-5-22)15-24-23-16-21(3-6-25(23)30-27(24)35)26-17-36-28(31-26)20-7-9-29-10-8-20/h1-10,15-18H,11-14H2,(H,30,35). The number of thiazole rings is 1. The van der Waals surface area contributed by atoms with E-state index >= 15 is 0 Å². The van der Waals surface area contributed by atoms with E-state index < -0.39 is 0 Å². The van der Waals surface area contributed by atoms with E-state index in [2.05, 4.69) is 27.3 Å². The maximum absolute atomic E-state index is 12.8. The van der Waals surface area contributed by atoms with Gasteiger partial charge in [0.05, 0.1) is 5.69 Å². The Labute approximate surface area is 212 Å². The van der Waals surface area contributed by atoms with E-state index in [0.29, 0.717) is 5.57 Å². The van der Waals surface area contributed by atoms with E-state index in [-0.39, 0.29) is 5.91 Å². The molecule has 4 aromatic rings. The Hall–Kier alpha value is -4.30. The van der Waals surface area contributed by atoms with Crippen LogP contribution in [0.2, 0.25) is 0 Å². The predicted molar refractivity (Wildman–Crippen MR) is 144 cm³/mol. The van der Waals surface area contributed by atoms with Crippen LogP contribution in [-0.2, 0) is 9.59 Å². The first kappa shape index (κ1) is 22.2. The molecule has 7 nitrogen and oxygen atoms in total. The van der Waals surface area contributed by atoms with Crippen LogP contribution in [0.15, 0.2) is 72.4 Å². The molecule has 178 valence electrons. The van der Waals surface area contributed by atoms with E-state index in [9.17, 15) is 9.59 Å². The van der Waals surface area contributed by atoms with Gasteiger partial charge in [-0.05, 0) is 48.0 Å². The van der Waals surface area contributed by atoms with Crippen LogP contribution >= 0.6 is 11.3 Å². The summed E-state index contributed by atoms with van der Waals surface area (Å²) in [6, 6.07) is 18.1. The molecule has 0 saturated carbocycles. The molecule has 4 heterocycles. The van der Waals surface area contributed by atoms with Gasteiger partial charge in [0.2, 0.25) is 6.41 Å². The predicted octanol–water partition coefficient (Wildman–Crippen LogP) is 4.64. The van der Waals surface area contributed by atoms with Gasteiger partial charge in [-0.25, -0.2) is 4.98 Å². The van der Waals surface area contributed by atoms with Gasteiger partial charge in [-0.1, -0.05) is 18.2 Å². The molecular weight excluding hydrogens is 470 g/mol. The lowest BCUT2D eigenvalue weighted by Gasteiger charge is -2.34. The number of aromatic nitrogens is 2. The number of hydrogen-bond acceptors (Lipinski definition) is 6. The normalized spacial score (nSPS) is 16.2. The van der Waals surface area contributed by atoms with Crippen molar-refractivity contribution >= 4 is 46.7 Å². The monoisotopic (exact) mass is 493 g/mol. The first-order chi connectivity index (χ1) is 17.7. The Balaban J connectivity index is 1.25. The molecule has 2 aliphatic heterocycles. The van der Waals surface area contributed by atoms with Crippen molar-refractivity contribution in [3.05, 3.63) is 83.5 Å². The molecule has 2 aliphatic rings. The fourth-order valence-electron chi connectivity index (χ4n) is 4.56. The van der Waals surface area contributed by atoms with Crippen LogP contribution < -0.4 is 10.2 Å². The van der Waals surface area contributed by atoms with Crippen LogP contribution in [-0.4, -0.2) is 53.4 Å². The molecule has 1 N–H and O–H groups in total. The zero-order valence-corrected chi connectivity index (χ0v) is 20.2. The van der Waals surface area contributed by atoms with Gasteiger partial charge in [0.25, 0.3) is 5.91 Å². The van der Waals surface area contributed by atoms with Gasteiger partial charge in [0.1, 0.15) is 5.01 Å². The van der Waals surface area contributed by atoms with Crippen LogP contribution in [0.5, 0.6) is 0 Å². The number of carbonyl (C=O) groups is 2. The Morgan fingerprint density at radius 1 is 0.917 bits per heavy atom. The third-order valence-electron chi connectivity index (χ3n) is 6.56. The molecule has 0 radical (unpaired) electrons. The van der Waals surface area contributed by atoms with Gasteiger partial charge in [0.15, 0.2) is 0 Å². The molecule has 2 aromatic heterocycles. The van der Waals surface area contributed by atoms with Gasteiger partial charge in [-0.3, -0.25) is 14.6 Å². The van der Waals surface area contributed by atoms with Crippen molar-refractivity contribution in [2.75, 3.05) is 36.4 Å². The minimum absolute atomic E-state index is 0.105. The Kier molecular flexibility index (Phi) is 5.79. The quantitative estimate of drug-likeness (QED) is 0.324. The molecule has 2 amide bonds. The number of fused-ring (bicyclic) bond motifs is 1. The first-order valence-corrected chi connectivity index (χ1v) is 12.6. The van der Waals surface area contributed by atoms with Crippen molar-refractivity contribution < 1.29 is 9.59 Å². The maximum atomic E-state index is 12.8. The van der Waals surface area contributed by atoms with Crippen molar-refractivity contribution in [1.29, 1.82) is 0 Å². The Morgan fingerprint density at radius 3 is 2.44 bits per heavy atom. The Bertz CT molecular complexity index is 1460. The number of amides is 2. The van der Waals surface area contributed by atoms with E-state index in [1.54, 1.807) is 28.6 Å². The number of nitrogens with zero attached hydrogens (tertiary/aromatic N) is 4. The highest BCUT2D eigenvalue weighted by atomic mass is 32.1. The molecule has 8 heteroatoms. The molecule has 36 heavy (non-hydrogen) atoms. The lowest BCUT2D eigenvalue weighted by atomic mass is 10.0. The number of pyridine rings is 1. The second-order valence-electron chi connectivity index (χ2n) is 8.77. The van der Waals surface area contributed by atoms with Crippen LogP contribution in [0.3, 0.4) is 0 Å². The van der Waals surface area contributed by atoms with Gasteiger partial charge in [0, 0.05) is 77.6 Å². The summed E-state index contributed by atoms with van der Waals surface area (Å²) in [6.45, 7) is 3.10. The summed E-state index contributed by atoms with van der Waals surface area (Å²) in [6.07, 6.45) is 6.38. The summed E-state index contributed by atoms with van der Waals surface area (Å²) < 4.78 is 0. The third-order valence-corrected chi connectivity index (χ3v) is 7.45. The number of rotatable bonds is 5. The van der Waals surface area contributed by atoms with E-state index in [1.165, 1.54) is 0 Å². The fourth-order valence-corrected chi connectivity index (χ4v) is 5.39. The number of piperazine rings is 1. The lowest BCUT2D eigenvalue weighted by molar-refractivity contribution is -0.118. The van der Waals surface area contributed by atoms with Crippen molar-refractivity contribution in [1.82, 2.24) is 14.9 Å². The van der Waals surface area contributed by atoms with Gasteiger partial charge < -0.3 is 15.1 Å². The van der Waals surface area contributed by atoms with Crippen LogP contribution in [0, 0.1) is 0 Å². The third kappa shape index (κ3) is 4.27. The molecule has 0 atom stereocenters. The summed E-state index contributed by atoms with van der Waals surface area (Å²) in [5, 5.41) is 5.95. The molecule has 1 saturated heterocycles. The van der Waals surface area contributed by atoms with Crippen LogP contribution in [0.4, 0.5) is 11.4 Å². The number of anilines is 2. The van der Waals surface area contributed by atoms with Gasteiger partial charge in [-0.2, -0.15) is 0 Å². The number of carbonyl (C=O) groups excluding carboxylic acids is 2. The molecule has 0 spiro atoms. The zero-order valence-electron chi connectivity index (χ0n) is 19.4. The highest BCUT2D eigenvalue weighted by Crippen LogP contribution is 2.37. The van der Waals surface area contributed by atoms with Gasteiger partial charge in [-0.15, -0.1) is 11.3 Å². The Morgan fingerprint density at radius 2 is 1.69 bits per heavy atom. The molecule has 0 bridgehead atoms. The van der Waals surface area contributed by atoms with Crippen molar-refractivity contribution in [3.63, 3.8) is 0 Å². The highest BCUT2D eigenvalue weighted by Gasteiger charge is 2.25. The van der Waals surface area contributed by atoms with Crippen molar-refractivity contribution in [2.45, 2.75) is 0 Å². The van der Waals surface area contributed by atoms with E-state index in [4.69, 9.17) is 4.98 Å². The molecule has 1 fully saturated rings. The SMILES string of the molecule is O=CN1CCN(c2ccc(C=C3C(=O)Nc4ccc(-c5csc(-c6ccncc6)n5)cc43)cc2)CC1. The second kappa shape index (κ2) is 9.39. The fraction of sp³-hybridized carbons (Fsp3) is 0.143. The van der Waals surface area contributed by atoms with E-state index in [0.717, 1.165) is 76.9 Å². The number of nitrogens with one attached hydrogen (secondary N) is 1.